The van der Waals surface area contributed by atoms with Crippen LogP contribution in [-0.4, -0.2) is 26.7 Å². The van der Waals surface area contributed by atoms with Crippen LogP contribution >= 0.6 is 0 Å². The Hall–Kier alpha value is -2.31. The smallest absolute Gasteiger partial charge is 0.224 e. The van der Waals surface area contributed by atoms with E-state index in [4.69, 9.17) is 0 Å². The first-order valence-electron chi connectivity index (χ1n) is 8.73. The number of amides is 1. The van der Waals surface area contributed by atoms with Gasteiger partial charge in [-0.3, -0.25) is 4.79 Å². The van der Waals surface area contributed by atoms with E-state index in [9.17, 15) is 13.6 Å². The summed E-state index contributed by atoms with van der Waals surface area (Å²) in [7, 11) is 0. The van der Waals surface area contributed by atoms with Gasteiger partial charge in [-0.2, -0.15) is 5.10 Å². The fourth-order valence-electron chi connectivity index (χ4n) is 3.53. The normalized spacial score (nSPS) is 24.7. The van der Waals surface area contributed by atoms with Crippen molar-refractivity contribution in [2.45, 2.75) is 51.1 Å². The number of hydrogen-bond donors (Lipinski definition) is 1. The lowest BCUT2D eigenvalue weighted by atomic mass is 10.1. The van der Waals surface area contributed by atoms with Crippen molar-refractivity contribution in [2.24, 2.45) is 5.92 Å². The minimum absolute atomic E-state index is 0.0148. The number of halogens is 2. The molecule has 1 amide bonds. The van der Waals surface area contributed by atoms with Crippen LogP contribution in [0.15, 0.2) is 18.2 Å². The Bertz CT molecular complexity index is 819. The Kier molecular flexibility index (Phi) is 4.01. The van der Waals surface area contributed by atoms with E-state index >= 15 is 0 Å². The van der Waals surface area contributed by atoms with Gasteiger partial charge in [-0.15, -0.1) is 0 Å². The predicted molar refractivity (Wildman–Crippen MR) is 86.9 cm³/mol. The van der Waals surface area contributed by atoms with Crippen LogP contribution in [-0.2, 0) is 24.2 Å². The fraction of sp³-hybridized carbons (Fsp3) is 0.500. The largest absolute Gasteiger partial charge is 0.351 e. The lowest BCUT2D eigenvalue weighted by Crippen LogP contribution is -2.42. The van der Waals surface area contributed by atoms with Crippen molar-refractivity contribution in [3.8, 4) is 0 Å². The highest BCUT2D eigenvalue weighted by Gasteiger charge is 2.44. The van der Waals surface area contributed by atoms with Crippen LogP contribution in [0, 0.1) is 17.6 Å². The number of aryl methyl sites for hydroxylation is 2. The van der Waals surface area contributed by atoms with Gasteiger partial charge in [-0.05, 0) is 36.5 Å². The summed E-state index contributed by atoms with van der Waals surface area (Å²) >= 11 is 0. The second-order valence-electron chi connectivity index (χ2n) is 6.85. The number of carbonyl (C=O) groups excluding carboxylic acids is 1. The van der Waals surface area contributed by atoms with Crippen LogP contribution in [0.4, 0.5) is 8.78 Å². The lowest BCUT2D eigenvalue weighted by Gasteiger charge is -2.23. The highest BCUT2D eigenvalue weighted by molar-refractivity contribution is 5.83. The van der Waals surface area contributed by atoms with Gasteiger partial charge >= 0.3 is 0 Å². The molecule has 25 heavy (non-hydrogen) atoms. The van der Waals surface area contributed by atoms with E-state index in [-0.39, 0.29) is 23.8 Å². The van der Waals surface area contributed by atoms with E-state index in [1.165, 1.54) is 6.07 Å². The maximum atomic E-state index is 13.3. The average Bonchev–Trinajstić information content (AvgIpc) is 3.30. The second-order valence-corrected chi connectivity index (χ2v) is 6.85. The third kappa shape index (κ3) is 3.15. The number of rotatable bonds is 4. The molecule has 5 nitrogen and oxygen atoms in total. The molecule has 0 spiro atoms. The van der Waals surface area contributed by atoms with Gasteiger partial charge in [0, 0.05) is 24.8 Å². The highest BCUT2D eigenvalue weighted by atomic mass is 19.2. The van der Waals surface area contributed by atoms with Crippen molar-refractivity contribution in [3.63, 3.8) is 0 Å². The third-order valence-electron chi connectivity index (χ3n) is 5.06. The quantitative estimate of drug-likeness (QED) is 0.924. The van der Waals surface area contributed by atoms with Crippen LogP contribution in [0.1, 0.15) is 42.9 Å². The van der Waals surface area contributed by atoms with Gasteiger partial charge in [0.15, 0.2) is 17.5 Å². The predicted octanol–water partition coefficient (Wildman–Crippen LogP) is 2.35. The zero-order chi connectivity index (χ0) is 17.6. The summed E-state index contributed by atoms with van der Waals surface area (Å²) in [4.78, 5) is 16.9. The van der Waals surface area contributed by atoms with Gasteiger partial charge in [0.25, 0.3) is 0 Å². The molecular weight excluding hydrogens is 326 g/mol. The third-order valence-corrected chi connectivity index (χ3v) is 5.06. The van der Waals surface area contributed by atoms with Crippen LogP contribution < -0.4 is 5.32 Å². The first-order valence-corrected chi connectivity index (χ1v) is 8.73. The minimum Gasteiger partial charge on any atom is -0.351 e. The van der Waals surface area contributed by atoms with Crippen molar-refractivity contribution < 1.29 is 13.6 Å². The number of fused-ring (bicyclic) bond motifs is 1. The molecule has 2 aromatic rings. The van der Waals surface area contributed by atoms with Gasteiger partial charge in [0.2, 0.25) is 5.91 Å². The van der Waals surface area contributed by atoms with Gasteiger partial charge < -0.3 is 5.32 Å². The zero-order valence-corrected chi connectivity index (χ0v) is 14.0. The van der Waals surface area contributed by atoms with Crippen molar-refractivity contribution in [2.75, 3.05) is 0 Å². The van der Waals surface area contributed by atoms with E-state index < -0.39 is 11.6 Å². The van der Waals surface area contributed by atoms with E-state index in [0.717, 1.165) is 37.0 Å². The van der Waals surface area contributed by atoms with Gasteiger partial charge in [0.05, 0.1) is 6.54 Å². The van der Waals surface area contributed by atoms with Crippen molar-refractivity contribution in [1.29, 1.82) is 0 Å². The molecule has 1 saturated carbocycles. The van der Waals surface area contributed by atoms with Crippen molar-refractivity contribution >= 4 is 5.91 Å². The number of hydrogen-bond acceptors (Lipinski definition) is 3. The summed E-state index contributed by atoms with van der Waals surface area (Å²) in [5.41, 5.74) is 0.689. The SMILES string of the molecule is CCc1nc2n(n1)CC(NC(=O)C1CC1c1ccc(F)c(F)c1)CC2. The molecule has 0 saturated heterocycles. The Morgan fingerprint density at radius 2 is 2.20 bits per heavy atom. The molecule has 3 atom stereocenters. The Labute approximate surface area is 144 Å². The molecule has 132 valence electrons. The summed E-state index contributed by atoms with van der Waals surface area (Å²) < 4.78 is 28.3. The number of benzene rings is 1. The maximum Gasteiger partial charge on any atom is 0.224 e. The van der Waals surface area contributed by atoms with E-state index in [1.807, 2.05) is 11.6 Å². The molecular formula is C18H20F2N4O. The molecule has 7 heteroatoms. The molecule has 1 fully saturated rings. The number of carbonyl (C=O) groups is 1. The van der Waals surface area contributed by atoms with Gasteiger partial charge in [-0.1, -0.05) is 13.0 Å². The average molecular weight is 346 g/mol. The molecule has 1 aromatic heterocycles. The van der Waals surface area contributed by atoms with Crippen LogP contribution in [0.3, 0.4) is 0 Å². The van der Waals surface area contributed by atoms with E-state index in [2.05, 4.69) is 15.4 Å². The molecule has 0 radical (unpaired) electrons. The Morgan fingerprint density at radius 3 is 2.96 bits per heavy atom. The lowest BCUT2D eigenvalue weighted by molar-refractivity contribution is -0.123. The molecule has 2 heterocycles. The molecule has 0 bridgehead atoms. The molecule has 1 aliphatic carbocycles. The standard InChI is InChI=1S/C18H20F2N4O/c1-2-16-22-17-6-4-11(9-24(17)23-16)21-18(25)13-8-12(13)10-3-5-14(19)15(20)7-10/h3,5,7,11-13H,2,4,6,8-9H2,1H3,(H,21,25). The molecule has 1 aromatic carbocycles. The van der Waals surface area contributed by atoms with E-state index in [1.54, 1.807) is 6.07 Å². The number of aromatic nitrogens is 3. The topological polar surface area (TPSA) is 59.8 Å². The summed E-state index contributed by atoms with van der Waals surface area (Å²) in [6.07, 6.45) is 3.12. The monoisotopic (exact) mass is 346 g/mol. The number of nitrogens with zero attached hydrogens (tertiary/aromatic N) is 3. The Balaban J connectivity index is 1.36. The molecule has 2 aliphatic rings. The molecule has 1 N–H and O–H groups in total. The Morgan fingerprint density at radius 1 is 1.36 bits per heavy atom. The summed E-state index contributed by atoms with van der Waals surface area (Å²) in [5, 5.41) is 7.52. The zero-order valence-electron chi connectivity index (χ0n) is 14.0. The summed E-state index contributed by atoms with van der Waals surface area (Å²) in [5.74, 6) is -0.0977. The second kappa shape index (κ2) is 6.20. The first kappa shape index (κ1) is 16.2. The van der Waals surface area contributed by atoms with E-state index in [0.29, 0.717) is 18.5 Å². The fourth-order valence-corrected chi connectivity index (χ4v) is 3.53. The molecule has 4 rings (SSSR count). The van der Waals surface area contributed by atoms with Crippen LogP contribution in [0.5, 0.6) is 0 Å². The molecule has 3 unspecified atom stereocenters. The van der Waals surface area contributed by atoms with Crippen molar-refractivity contribution in [3.05, 3.63) is 47.0 Å². The minimum atomic E-state index is -0.860. The number of nitrogens with one attached hydrogen (secondary N) is 1. The van der Waals surface area contributed by atoms with Crippen LogP contribution in [0.2, 0.25) is 0 Å². The molecule has 1 aliphatic heterocycles. The van der Waals surface area contributed by atoms with Crippen molar-refractivity contribution in [1.82, 2.24) is 20.1 Å². The summed E-state index contributed by atoms with van der Waals surface area (Å²) in [6, 6.07) is 3.92. The van der Waals surface area contributed by atoms with Crippen LogP contribution in [0.25, 0.3) is 0 Å². The summed E-state index contributed by atoms with van der Waals surface area (Å²) in [6.45, 7) is 2.66. The maximum absolute atomic E-state index is 13.3. The van der Waals surface area contributed by atoms with Gasteiger partial charge in [-0.25, -0.2) is 18.4 Å². The van der Waals surface area contributed by atoms with Gasteiger partial charge in [0.1, 0.15) is 5.82 Å². The first-order chi connectivity index (χ1) is 12.0. The highest BCUT2D eigenvalue weighted by Crippen LogP contribution is 2.47.